The van der Waals surface area contributed by atoms with E-state index < -0.39 is 0 Å². The first kappa shape index (κ1) is 24.1. The molecule has 0 aromatic heterocycles. The lowest BCUT2D eigenvalue weighted by Crippen LogP contribution is -2.43. The predicted octanol–water partition coefficient (Wildman–Crippen LogP) is 9.91. The topological polar surface area (TPSA) is 0 Å². The van der Waals surface area contributed by atoms with Gasteiger partial charge in [-0.25, -0.2) is 0 Å². The lowest BCUT2D eigenvalue weighted by molar-refractivity contribution is -0.0155. The van der Waals surface area contributed by atoms with Crippen molar-refractivity contribution in [2.45, 2.75) is 137 Å². The lowest BCUT2D eigenvalue weighted by Gasteiger charge is -2.50. The number of rotatable bonds is 4. The normalized spacial score (nSPS) is 47.2. The molecule has 0 amide bonds. The zero-order valence-corrected chi connectivity index (χ0v) is 21.8. The summed E-state index contributed by atoms with van der Waals surface area (Å²) in [4.78, 5) is 0. The highest BCUT2D eigenvalue weighted by molar-refractivity contribution is 4.97. The van der Waals surface area contributed by atoms with Crippen LogP contribution in [-0.4, -0.2) is 0 Å². The van der Waals surface area contributed by atoms with Gasteiger partial charge in [-0.15, -0.1) is 0 Å². The van der Waals surface area contributed by atoms with Crippen LogP contribution >= 0.6 is 0 Å². The largest absolute Gasteiger partial charge is 0.0654 e. The number of hydrogen-bond acceptors (Lipinski definition) is 0. The van der Waals surface area contributed by atoms with E-state index in [0.717, 1.165) is 59.2 Å². The fourth-order valence-electron chi connectivity index (χ4n) is 9.62. The van der Waals surface area contributed by atoms with Gasteiger partial charge >= 0.3 is 0 Å². The monoisotopic (exact) mass is 428 g/mol. The van der Waals surface area contributed by atoms with Gasteiger partial charge in [0, 0.05) is 0 Å². The maximum Gasteiger partial charge on any atom is -0.0321 e. The minimum Gasteiger partial charge on any atom is -0.0654 e. The Kier molecular flexibility index (Phi) is 8.89. The predicted molar refractivity (Wildman–Crippen MR) is 136 cm³/mol. The summed E-state index contributed by atoms with van der Waals surface area (Å²) >= 11 is 0. The highest BCUT2D eigenvalue weighted by Crippen LogP contribution is 2.56. The van der Waals surface area contributed by atoms with Gasteiger partial charge in [0.2, 0.25) is 0 Å². The molecule has 0 heteroatoms. The van der Waals surface area contributed by atoms with E-state index in [4.69, 9.17) is 0 Å². The molecule has 0 nitrogen and oxygen atoms in total. The van der Waals surface area contributed by atoms with Crippen LogP contribution in [0.1, 0.15) is 137 Å². The first-order valence-corrected chi connectivity index (χ1v) is 15.1. The Balaban J connectivity index is 0.000000192. The van der Waals surface area contributed by atoms with E-state index >= 15 is 0 Å². The molecule has 5 fully saturated rings. The zero-order chi connectivity index (χ0) is 21.8. The Bertz CT molecular complexity index is 522. The fourth-order valence-corrected chi connectivity index (χ4v) is 9.62. The van der Waals surface area contributed by atoms with Gasteiger partial charge in [-0.2, -0.15) is 0 Å². The molecule has 0 aromatic rings. The van der Waals surface area contributed by atoms with Gasteiger partial charge in [-0.05, 0) is 97.7 Å². The third-order valence-corrected chi connectivity index (χ3v) is 11.2. The van der Waals surface area contributed by atoms with E-state index in [1.54, 1.807) is 57.8 Å². The van der Waals surface area contributed by atoms with E-state index in [9.17, 15) is 0 Å². The van der Waals surface area contributed by atoms with Crippen LogP contribution in [0.4, 0.5) is 0 Å². The number of unbranched alkanes of at least 4 members (excludes halogenated alkanes) is 1. The second-order valence-electron chi connectivity index (χ2n) is 13.2. The van der Waals surface area contributed by atoms with Crippen molar-refractivity contribution < 1.29 is 0 Å². The molecule has 0 bridgehead atoms. The van der Waals surface area contributed by atoms with Gasteiger partial charge in [-0.1, -0.05) is 98.3 Å². The Morgan fingerprint density at radius 1 is 0.581 bits per heavy atom. The van der Waals surface area contributed by atoms with Gasteiger partial charge in [0.15, 0.2) is 0 Å². The Morgan fingerprint density at radius 2 is 1.29 bits per heavy atom. The zero-order valence-electron chi connectivity index (χ0n) is 21.8. The smallest absolute Gasteiger partial charge is 0.0321 e. The third-order valence-electron chi connectivity index (χ3n) is 11.2. The van der Waals surface area contributed by atoms with Crippen LogP contribution in [0.2, 0.25) is 0 Å². The van der Waals surface area contributed by atoms with Crippen molar-refractivity contribution in [2.75, 3.05) is 0 Å². The summed E-state index contributed by atoms with van der Waals surface area (Å²) in [6.45, 7) is 10.00. The van der Waals surface area contributed by atoms with Crippen LogP contribution in [0.3, 0.4) is 0 Å². The van der Waals surface area contributed by atoms with Crippen LogP contribution < -0.4 is 0 Å². The molecular formula is C31H56. The first-order valence-electron chi connectivity index (χ1n) is 15.1. The molecule has 5 rings (SSSR count). The summed E-state index contributed by atoms with van der Waals surface area (Å²) in [7, 11) is 0. The summed E-state index contributed by atoms with van der Waals surface area (Å²) in [5.74, 6) is 10.8. The number of hydrogen-bond donors (Lipinski definition) is 0. The van der Waals surface area contributed by atoms with Crippen LogP contribution in [0.5, 0.6) is 0 Å². The third kappa shape index (κ3) is 5.74. The highest BCUT2D eigenvalue weighted by atomic mass is 14.5. The van der Waals surface area contributed by atoms with Crippen molar-refractivity contribution in [2.24, 2.45) is 59.2 Å². The quantitative estimate of drug-likeness (QED) is 0.418. The summed E-state index contributed by atoms with van der Waals surface area (Å²) in [6, 6.07) is 0. The van der Waals surface area contributed by atoms with Gasteiger partial charge in [-0.3, -0.25) is 0 Å². The van der Waals surface area contributed by atoms with Crippen molar-refractivity contribution in [3.63, 3.8) is 0 Å². The SMILES string of the molecule is CC1CCC2CCCC2C1.CCCCC1C(C)CC2CCCC2C1C1CCCCC1C. The molecule has 180 valence electrons. The molecule has 0 aliphatic heterocycles. The van der Waals surface area contributed by atoms with E-state index in [1.807, 2.05) is 0 Å². The first-order chi connectivity index (χ1) is 15.1. The average molecular weight is 429 g/mol. The molecule has 31 heavy (non-hydrogen) atoms. The van der Waals surface area contributed by atoms with E-state index in [2.05, 4.69) is 27.7 Å². The molecule has 10 unspecified atom stereocenters. The summed E-state index contributed by atoms with van der Waals surface area (Å²) < 4.78 is 0. The van der Waals surface area contributed by atoms with E-state index in [-0.39, 0.29) is 0 Å². The Hall–Kier alpha value is 0. The molecule has 5 aliphatic carbocycles. The molecule has 0 radical (unpaired) electrons. The van der Waals surface area contributed by atoms with E-state index in [0.29, 0.717) is 0 Å². The molecule has 0 spiro atoms. The lowest BCUT2D eigenvalue weighted by atomic mass is 9.55. The molecule has 0 saturated heterocycles. The maximum atomic E-state index is 2.61. The Morgan fingerprint density at radius 3 is 2.10 bits per heavy atom. The van der Waals surface area contributed by atoms with Crippen molar-refractivity contribution in [3.05, 3.63) is 0 Å². The van der Waals surface area contributed by atoms with Crippen molar-refractivity contribution in [3.8, 4) is 0 Å². The summed E-state index contributed by atoms with van der Waals surface area (Å²) in [5.41, 5.74) is 0. The van der Waals surface area contributed by atoms with Crippen molar-refractivity contribution in [1.29, 1.82) is 0 Å². The standard InChI is InChI=1S/C21H38.C10H18/c1-4-5-11-19-16(3)14-17-10-8-13-20(17)21(19)18-12-7-6-9-15(18)2;1-8-5-6-9-3-2-4-10(9)7-8/h15-21H,4-14H2,1-3H3;8-10H,2-7H2,1H3. The van der Waals surface area contributed by atoms with Crippen LogP contribution in [-0.2, 0) is 0 Å². The van der Waals surface area contributed by atoms with Gasteiger partial charge in [0.25, 0.3) is 0 Å². The summed E-state index contributed by atoms with van der Waals surface area (Å²) in [6.07, 6.45) is 26.0. The second-order valence-corrected chi connectivity index (χ2v) is 13.2. The van der Waals surface area contributed by atoms with Crippen LogP contribution in [0.25, 0.3) is 0 Å². The molecule has 5 aliphatic rings. The van der Waals surface area contributed by atoms with Gasteiger partial charge in [0.1, 0.15) is 0 Å². The van der Waals surface area contributed by atoms with Crippen molar-refractivity contribution >= 4 is 0 Å². The summed E-state index contributed by atoms with van der Waals surface area (Å²) in [5, 5.41) is 0. The Labute approximate surface area is 196 Å². The van der Waals surface area contributed by atoms with E-state index in [1.165, 1.54) is 51.4 Å². The van der Waals surface area contributed by atoms with Crippen LogP contribution in [0, 0.1) is 59.2 Å². The molecule has 0 aromatic carbocycles. The molecule has 0 heterocycles. The van der Waals surface area contributed by atoms with Crippen molar-refractivity contribution in [1.82, 2.24) is 0 Å². The fraction of sp³-hybridized carbons (Fsp3) is 1.00. The van der Waals surface area contributed by atoms with Crippen LogP contribution in [0.15, 0.2) is 0 Å². The maximum absolute atomic E-state index is 2.61. The molecule has 0 N–H and O–H groups in total. The van der Waals surface area contributed by atoms with Gasteiger partial charge < -0.3 is 0 Å². The molecule has 10 atom stereocenters. The average Bonchev–Trinajstić information content (AvgIpc) is 3.41. The minimum absolute atomic E-state index is 1.01. The second kappa shape index (κ2) is 11.4. The van der Waals surface area contributed by atoms with Gasteiger partial charge in [0.05, 0.1) is 0 Å². The number of fused-ring (bicyclic) bond motifs is 2. The molecule has 5 saturated carbocycles. The molecular weight excluding hydrogens is 372 g/mol. The minimum atomic E-state index is 1.01. The highest BCUT2D eigenvalue weighted by Gasteiger charge is 2.48.